The lowest BCUT2D eigenvalue weighted by Gasteiger charge is -2.18. The maximum Gasteiger partial charge on any atom is 0.119 e. The van der Waals surface area contributed by atoms with Gasteiger partial charge in [-0.2, -0.15) is 0 Å². The molecule has 0 aliphatic rings. The van der Waals surface area contributed by atoms with Crippen molar-refractivity contribution in [3.05, 3.63) is 64.1 Å². The van der Waals surface area contributed by atoms with Crippen molar-refractivity contribution >= 4 is 15.9 Å². The van der Waals surface area contributed by atoms with E-state index in [1.807, 2.05) is 12.1 Å². The van der Waals surface area contributed by atoms with Crippen molar-refractivity contribution in [2.75, 3.05) is 7.11 Å². The summed E-state index contributed by atoms with van der Waals surface area (Å²) in [5, 5.41) is 3.60. The van der Waals surface area contributed by atoms with Crippen LogP contribution in [0.25, 0.3) is 0 Å². The second-order valence-corrected chi connectivity index (χ2v) is 5.66. The number of hydrogen-bond acceptors (Lipinski definition) is 2. The molecule has 0 aromatic heterocycles. The Morgan fingerprint density at radius 1 is 1.15 bits per heavy atom. The van der Waals surface area contributed by atoms with Gasteiger partial charge < -0.3 is 10.1 Å². The normalized spacial score (nSPS) is 12.2. The first-order chi connectivity index (χ1) is 9.72. The summed E-state index contributed by atoms with van der Waals surface area (Å²) in [6.07, 6.45) is 1.06. The maximum absolute atomic E-state index is 5.25. The van der Waals surface area contributed by atoms with Gasteiger partial charge in [-0.15, -0.1) is 0 Å². The quantitative estimate of drug-likeness (QED) is 0.827. The van der Waals surface area contributed by atoms with E-state index >= 15 is 0 Å². The highest BCUT2D eigenvalue weighted by Crippen LogP contribution is 2.20. The Morgan fingerprint density at radius 2 is 1.90 bits per heavy atom. The number of halogens is 1. The van der Waals surface area contributed by atoms with Gasteiger partial charge in [0.2, 0.25) is 0 Å². The lowest BCUT2D eigenvalue weighted by atomic mass is 10.0. The summed E-state index contributed by atoms with van der Waals surface area (Å²) in [4.78, 5) is 0. The molecule has 1 N–H and O–H groups in total. The average molecular weight is 334 g/mol. The zero-order valence-corrected chi connectivity index (χ0v) is 13.5. The van der Waals surface area contributed by atoms with Gasteiger partial charge in [-0.3, -0.25) is 0 Å². The highest BCUT2D eigenvalue weighted by molar-refractivity contribution is 9.10. The van der Waals surface area contributed by atoms with Gasteiger partial charge in [-0.1, -0.05) is 47.1 Å². The third-order valence-corrected chi connectivity index (χ3v) is 3.90. The number of ether oxygens (including phenoxy) is 1. The second kappa shape index (κ2) is 7.46. The van der Waals surface area contributed by atoms with Gasteiger partial charge >= 0.3 is 0 Å². The lowest BCUT2D eigenvalue weighted by molar-refractivity contribution is 0.413. The monoisotopic (exact) mass is 333 g/mol. The second-order valence-electron chi connectivity index (χ2n) is 4.74. The van der Waals surface area contributed by atoms with Gasteiger partial charge in [-0.05, 0) is 41.8 Å². The summed E-state index contributed by atoms with van der Waals surface area (Å²) >= 11 is 3.47. The minimum atomic E-state index is 0.370. The molecule has 0 saturated heterocycles. The van der Waals surface area contributed by atoms with Crippen LogP contribution in [0.15, 0.2) is 53.0 Å². The minimum absolute atomic E-state index is 0.370. The van der Waals surface area contributed by atoms with Crippen molar-refractivity contribution in [1.29, 1.82) is 0 Å². The lowest BCUT2D eigenvalue weighted by Crippen LogP contribution is -2.20. The van der Waals surface area contributed by atoms with Crippen LogP contribution in [0.3, 0.4) is 0 Å². The van der Waals surface area contributed by atoms with Gasteiger partial charge in [0.05, 0.1) is 7.11 Å². The predicted molar refractivity (Wildman–Crippen MR) is 87.0 cm³/mol. The molecule has 0 saturated carbocycles. The molecule has 2 aromatic carbocycles. The predicted octanol–water partition coefficient (Wildman–Crippen LogP) is 4.70. The summed E-state index contributed by atoms with van der Waals surface area (Å²) in [5.74, 6) is 0.904. The largest absolute Gasteiger partial charge is 0.497 e. The standard InChI is InChI=1S/C17H20BrNO/c1-3-17(14-7-9-15(18)10-8-14)19-12-13-5-4-6-16(11-13)20-2/h4-11,17,19H,3,12H2,1-2H3. The fraction of sp³-hybridized carbons (Fsp3) is 0.294. The third-order valence-electron chi connectivity index (χ3n) is 3.37. The van der Waals surface area contributed by atoms with E-state index in [9.17, 15) is 0 Å². The molecule has 0 aliphatic carbocycles. The van der Waals surface area contributed by atoms with Crippen molar-refractivity contribution < 1.29 is 4.74 Å². The van der Waals surface area contributed by atoms with E-state index in [0.717, 1.165) is 23.2 Å². The van der Waals surface area contributed by atoms with E-state index in [1.165, 1.54) is 11.1 Å². The summed E-state index contributed by atoms with van der Waals surface area (Å²) in [6, 6.07) is 17.1. The molecule has 2 aromatic rings. The molecule has 0 fully saturated rings. The van der Waals surface area contributed by atoms with Crippen molar-refractivity contribution in [3.8, 4) is 5.75 Å². The summed E-state index contributed by atoms with van der Waals surface area (Å²) in [5.41, 5.74) is 2.55. The Hall–Kier alpha value is -1.32. The van der Waals surface area contributed by atoms with Crippen LogP contribution < -0.4 is 10.1 Å². The Kier molecular flexibility index (Phi) is 5.62. The van der Waals surface area contributed by atoms with Crippen LogP contribution in [0.5, 0.6) is 5.75 Å². The van der Waals surface area contributed by atoms with Crippen molar-refractivity contribution in [2.45, 2.75) is 25.9 Å². The number of rotatable bonds is 6. The van der Waals surface area contributed by atoms with Crippen LogP contribution in [0.4, 0.5) is 0 Å². The van der Waals surface area contributed by atoms with E-state index in [4.69, 9.17) is 4.74 Å². The third kappa shape index (κ3) is 4.09. The van der Waals surface area contributed by atoms with E-state index in [0.29, 0.717) is 6.04 Å². The van der Waals surface area contributed by atoms with Gasteiger partial charge in [0.1, 0.15) is 5.75 Å². The van der Waals surface area contributed by atoms with E-state index in [-0.39, 0.29) is 0 Å². The smallest absolute Gasteiger partial charge is 0.119 e. The molecule has 2 nitrogen and oxygen atoms in total. The number of hydrogen-bond donors (Lipinski definition) is 1. The molecule has 0 aliphatic heterocycles. The highest BCUT2D eigenvalue weighted by Gasteiger charge is 2.08. The van der Waals surface area contributed by atoms with Crippen LogP contribution in [-0.4, -0.2) is 7.11 Å². The summed E-state index contributed by atoms with van der Waals surface area (Å²) < 4.78 is 6.37. The highest BCUT2D eigenvalue weighted by atomic mass is 79.9. The average Bonchev–Trinajstić information content (AvgIpc) is 2.50. The van der Waals surface area contributed by atoms with Crippen molar-refractivity contribution in [1.82, 2.24) is 5.32 Å². The SMILES string of the molecule is CCC(NCc1cccc(OC)c1)c1ccc(Br)cc1. The van der Waals surface area contributed by atoms with Crippen LogP contribution >= 0.6 is 15.9 Å². The number of nitrogens with one attached hydrogen (secondary N) is 1. The van der Waals surface area contributed by atoms with Crippen molar-refractivity contribution in [3.63, 3.8) is 0 Å². The minimum Gasteiger partial charge on any atom is -0.497 e. The van der Waals surface area contributed by atoms with Crippen LogP contribution in [-0.2, 0) is 6.54 Å². The van der Waals surface area contributed by atoms with Gasteiger partial charge in [0, 0.05) is 17.1 Å². The number of methoxy groups -OCH3 is 1. The van der Waals surface area contributed by atoms with Gasteiger partial charge in [-0.25, -0.2) is 0 Å². The van der Waals surface area contributed by atoms with Crippen molar-refractivity contribution in [2.24, 2.45) is 0 Å². The van der Waals surface area contributed by atoms with Crippen LogP contribution in [0, 0.1) is 0 Å². The molecule has 106 valence electrons. The van der Waals surface area contributed by atoms with Gasteiger partial charge in [0.25, 0.3) is 0 Å². The fourth-order valence-corrected chi connectivity index (χ4v) is 2.48. The first-order valence-electron chi connectivity index (χ1n) is 6.84. The maximum atomic E-state index is 5.25. The molecule has 0 radical (unpaired) electrons. The summed E-state index contributed by atoms with van der Waals surface area (Å²) in [6.45, 7) is 3.04. The molecule has 1 unspecified atom stereocenters. The molecule has 0 spiro atoms. The van der Waals surface area contributed by atoms with E-state index in [1.54, 1.807) is 7.11 Å². The van der Waals surface area contributed by atoms with Crippen LogP contribution in [0.1, 0.15) is 30.5 Å². The van der Waals surface area contributed by atoms with E-state index in [2.05, 4.69) is 64.6 Å². The molecule has 1 atom stereocenters. The van der Waals surface area contributed by atoms with Gasteiger partial charge in [0.15, 0.2) is 0 Å². The fourth-order valence-electron chi connectivity index (χ4n) is 2.22. The Morgan fingerprint density at radius 3 is 2.55 bits per heavy atom. The first kappa shape index (κ1) is 15.1. The number of benzene rings is 2. The Balaban J connectivity index is 2.01. The molecular formula is C17H20BrNO. The Labute approximate surface area is 129 Å². The zero-order chi connectivity index (χ0) is 14.4. The zero-order valence-electron chi connectivity index (χ0n) is 11.9. The molecule has 3 heteroatoms. The molecule has 20 heavy (non-hydrogen) atoms. The molecule has 0 bridgehead atoms. The molecule has 0 amide bonds. The topological polar surface area (TPSA) is 21.3 Å². The molecular weight excluding hydrogens is 314 g/mol. The van der Waals surface area contributed by atoms with E-state index < -0.39 is 0 Å². The van der Waals surface area contributed by atoms with Crippen LogP contribution in [0.2, 0.25) is 0 Å². The molecule has 2 rings (SSSR count). The first-order valence-corrected chi connectivity index (χ1v) is 7.64. The summed E-state index contributed by atoms with van der Waals surface area (Å²) in [7, 11) is 1.70. The Bertz CT molecular complexity index is 539. The molecule has 0 heterocycles.